The number of hydrogen-bond acceptors (Lipinski definition) is 9. The summed E-state index contributed by atoms with van der Waals surface area (Å²) in [6.45, 7) is -0.452. The number of aromatic nitrogens is 1. The highest BCUT2D eigenvalue weighted by molar-refractivity contribution is 9.10. The van der Waals surface area contributed by atoms with Gasteiger partial charge in [-0.25, -0.2) is 22.8 Å². The SMILES string of the molecule is NS(=O)(=O)c1ccc(NC(=O)COc2ccc(Br)cc2[C@@H]2c3sc(=O)[nH]c3S[C@H]3C(=O)N(c4ccc(F)cc4)C(=O)[C@@H]23)cc1. The fourth-order valence-electron chi connectivity index (χ4n) is 5.16. The van der Waals surface area contributed by atoms with Crippen molar-refractivity contribution < 1.29 is 31.9 Å². The number of imide groups is 1. The van der Waals surface area contributed by atoms with Crippen LogP contribution in [0.1, 0.15) is 16.4 Å². The van der Waals surface area contributed by atoms with Crippen molar-refractivity contribution in [2.75, 3.05) is 16.8 Å². The van der Waals surface area contributed by atoms with Gasteiger partial charge in [0.15, 0.2) is 6.61 Å². The number of fused-ring (bicyclic) bond motifs is 2. The third kappa shape index (κ3) is 5.70. The Balaban J connectivity index is 1.32. The van der Waals surface area contributed by atoms with Crippen LogP contribution in [-0.4, -0.2) is 43.0 Å². The highest BCUT2D eigenvalue weighted by Gasteiger charge is 2.56. The highest BCUT2D eigenvalue weighted by atomic mass is 79.9. The summed E-state index contributed by atoms with van der Waals surface area (Å²) < 4.78 is 43.2. The summed E-state index contributed by atoms with van der Waals surface area (Å²) in [5, 5.41) is 7.30. The molecule has 6 rings (SSSR count). The topological polar surface area (TPSA) is 169 Å². The van der Waals surface area contributed by atoms with E-state index < -0.39 is 57.3 Å². The van der Waals surface area contributed by atoms with Crippen molar-refractivity contribution in [3.8, 4) is 5.75 Å². The minimum absolute atomic E-state index is 0.112. The quantitative estimate of drug-likeness (QED) is 0.243. The number of nitrogens with zero attached hydrogens (tertiary/aromatic N) is 1. The van der Waals surface area contributed by atoms with Gasteiger partial charge in [-0.05, 0) is 66.7 Å². The van der Waals surface area contributed by atoms with Gasteiger partial charge in [-0.3, -0.25) is 19.2 Å². The second kappa shape index (κ2) is 11.6. The van der Waals surface area contributed by atoms with E-state index in [2.05, 4.69) is 26.2 Å². The van der Waals surface area contributed by atoms with Gasteiger partial charge >= 0.3 is 4.87 Å². The standard InChI is InChI=1S/C28H20BrFN4O7S3/c29-13-1-10-19(41-12-20(35)32-15-4-8-17(9-5-15)44(31,39)40)18(11-13)21-22-24(42-25-23(21)43-28(38)33-25)27(37)34(26(22)36)16-6-2-14(30)3-7-16/h1-11,21-22,24H,12H2,(H,32,35)(H,33,38)(H2,31,39,40)/t21-,22-,24+/m0/s1. The van der Waals surface area contributed by atoms with E-state index in [-0.39, 0.29) is 21.2 Å². The Bertz CT molecular complexity index is 1980. The summed E-state index contributed by atoms with van der Waals surface area (Å²) in [5.41, 5.74) is 1.01. The number of sulfonamides is 1. The van der Waals surface area contributed by atoms with Crippen molar-refractivity contribution in [3.05, 3.63) is 97.1 Å². The molecule has 0 aliphatic carbocycles. The normalized spacial score (nSPS) is 19.4. The number of halogens is 2. The molecule has 0 saturated carbocycles. The van der Waals surface area contributed by atoms with Crippen LogP contribution in [0.4, 0.5) is 15.8 Å². The predicted molar refractivity (Wildman–Crippen MR) is 165 cm³/mol. The molecule has 0 unspecified atom stereocenters. The van der Waals surface area contributed by atoms with Gasteiger partial charge in [0.1, 0.15) is 16.8 Å². The zero-order valence-corrected chi connectivity index (χ0v) is 26.2. The Kier molecular flexibility index (Phi) is 7.96. The molecular formula is C28H20BrFN4O7S3. The van der Waals surface area contributed by atoms with Gasteiger partial charge in [-0.15, -0.1) is 0 Å². The number of nitrogens with two attached hydrogens (primary N) is 1. The zero-order chi connectivity index (χ0) is 31.3. The van der Waals surface area contributed by atoms with Gasteiger partial charge in [-0.2, -0.15) is 0 Å². The Morgan fingerprint density at radius 1 is 1.05 bits per heavy atom. The molecule has 11 nitrogen and oxygen atoms in total. The molecule has 0 spiro atoms. The van der Waals surface area contributed by atoms with E-state index in [0.29, 0.717) is 25.6 Å². The van der Waals surface area contributed by atoms with Crippen molar-refractivity contribution in [3.63, 3.8) is 0 Å². The maximum Gasteiger partial charge on any atom is 0.305 e. The highest BCUT2D eigenvalue weighted by Crippen LogP contribution is 2.54. The summed E-state index contributed by atoms with van der Waals surface area (Å²) in [5.74, 6) is -3.55. The minimum Gasteiger partial charge on any atom is -0.483 e. The molecule has 3 amide bonds. The molecule has 4 aromatic rings. The molecule has 0 bridgehead atoms. The number of nitrogens with one attached hydrogen (secondary N) is 2. The molecule has 4 N–H and O–H groups in total. The first-order chi connectivity index (χ1) is 20.9. The molecule has 1 saturated heterocycles. The van der Waals surface area contributed by atoms with E-state index in [4.69, 9.17) is 9.88 Å². The van der Waals surface area contributed by atoms with Crippen LogP contribution in [0.5, 0.6) is 5.75 Å². The van der Waals surface area contributed by atoms with E-state index in [1.807, 2.05) is 0 Å². The minimum atomic E-state index is -3.89. The fraction of sp³-hybridized carbons (Fsp3) is 0.143. The van der Waals surface area contributed by atoms with Crippen LogP contribution in [-0.2, 0) is 24.4 Å². The Morgan fingerprint density at radius 3 is 2.43 bits per heavy atom. The lowest BCUT2D eigenvalue weighted by molar-refractivity contribution is -0.122. The lowest BCUT2D eigenvalue weighted by Gasteiger charge is -2.31. The second-order valence-corrected chi connectivity index (χ2v) is 14.5. The fourth-order valence-corrected chi connectivity index (χ4v) is 8.56. The lowest BCUT2D eigenvalue weighted by atomic mass is 9.82. The van der Waals surface area contributed by atoms with Gasteiger partial charge in [0.25, 0.3) is 5.91 Å². The molecule has 44 heavy (non-hydrogen) atoms. The number of H-pyrrole nitrogens is 1. The van der Waals surface area contributed by atoms with Gasteiger partial charge in [0.05, 0.1) is 21.5 Å². The number of benzene rings is 3. The molecule has 1 fully saturated rings. The van der Waals surface area contributed by atoms with Crippen LogP contribution in [0.15, 0.2) is 85.9 Å². The van der Waals surface area contributed by atoms with Crippen molar-refractivity contribution in [2.24, 2.45) is 11.1 Å². The van der Waals surface area contributed by atoms with Gasteiger partial charge in [0.2, 0.25) is 21.8 Å². The van der Waals surface area contributed by atoms with Crippen molar-refractivity contribution in [2.45, 2.75) is 21.1 Å². The molecule has 3 aromatic carbocycles. The Hall–Kier alpha value is -3.83. The number of anilines is 2. The summed E-state index contributed by atoms with van der Waals surface area (Å²) in [4.78, 5) is 56.6. The maximum atomic E-state index is 13.9. The summed E-state index contributed by atoms with van der Waals surface area (Å²) in [6, 6.07) is 15.3. The maximum absolute atomic E-state index is 13.9. The Morgan fingerprint density at radius 2 is 1.75 bits per heavy atom. The van der Waals surface area contributed by atoms with Crippen molar-refractivity contribution in [1.29, 1.82) is 0 Å². The Labute approximate surface area is 265 Å². The van der Waals surface area contributed by atoms with Crippen LogP contribution in [0.2, 0.25) is 0 Å². The molecule has 16 heteroatoms. The number of aromatic amines is 1. The van der Waals surface area contributed by atoms with Crippen LogP contribution < -0.4 is 25.0 Å². The molecule has 0 radical (unpaired) electrons. The molecule has 3 heterocycles. The zero-order valence-electron chi connectivity index (χ0n) is 22.2. The number of hydrogen-bond donors (Lipinski definition) is 3. The number of ether oxygens (including phenoxy) is 1. The van der Waals surface area contributed by atoms with Crippen molar-refractivity contribution in [1.82, 2.24) is 4.98 Å². The van der Waals surface area contributed by atoms with E-state index in [1.54, 1.807) is 18.2 Å². The van der Waals surface area contributed by atoms with E-state index in [9.17, 15) is 32.0 Å². The number of thiazole rings is 1. The monoisotopic (exact) mass is 718 g/mol. The van der Waals surface area contributed by atoms with Gasteiger partial charge < -0.3 is 15.0 Å². The van der Waals surface area contributed by atoms with Crippen molar-refractivity contribution >= 4 is 78.1 Å². The number of carbonyl (C=O) groups is 3. The first kappa shape index (κ1) is 30.2. The summed E-state index contributed by atoms with van der Waals surface area (Å²) in [7, 11) is -3.89. The molecule has 2 aliphatic rings. The van der Waals surface area contributed by atoms with Crippen LogP contribution in [0.3, 0.4) is 0 Å². The summed E-state index contributed by atoms with van der Waals surface area (Å²) >= 11 is 5.47. The lowest BCUT2D eigenvalue weighted by Crippen LogP contribution is -2.32. The third-order valence-electron chi connectivity index (χ3n) is 7.04. The first-order valence-electron chi connectivity index (χ1n) is 12.8. The molecular weight excluding hydrogens is 699 g/mol. The van der Waals surface area contributed by atoms with Crippen LogP contribution in [0.25, 0.3) is 0 Å². The van der Waals surface area contributed by atoms with Gasteiger partial charge in [0, 0.05) is 26.5 Å². The smallest absolute Gasteiger partial charge is 0.305 e. The number of amides is 3. The van der Waals surface area contributed by atoms with E-state index in [1.165, 1.54) is 36.4 Å². The first-order valence-corrected chi connectivity index (χ1v) is 16.8. The second-order valence-electron chi connectivity index (χ2n) is 9.83. The number of primary sulfonamides is 1. The average molecular weight is 720 g/mol. The predicted octanol–water partition coefficient (Wildman–Crippen LogP) is 3.80. The molecule has 2 aliphatic heterocycles. The van der Waals surface area contributed by atoms with E-state index in [0.717, 1.165) is 40.1 Å². The molecule has 226 valence electrons. The van der Waals surface area contributed by atoms with Crippen LogP contribution in [0, 0.1) is 11.7 Å². The third-order valence-corrected chi connectivity index (χ3v) is 10.9. The van der Waals surface area contributed by atoms with Gasteiger partial charge in [-0.1, -0.05) is 39.0 Å². The number of carbonyl (C=O) groups excluding carboxylic acids is 3. The number of rotatable bonds is 7. The largest absolute Gasteiger partial charge is 0.483 e. The number of thioether (sulfide) groups is 1. The average Bonchev–Trinajstić information content (AvgIpc) is 3.46. The van der Waals surface area contributed by atoms with Crippen LogP contribution >= 0.6 is 39.0 Å². The summed E-state index contributed by atoms with van der Waals surface area (Å²) in [6.07, 6.45) is 0. The van der Waals surface area contributed by atoms with E-state index >= 15 is 0 Å². The molecule has 1 aromatic heterocycles. The molecule has 3 atom stereocenters.